The third-order valence-electron chi connectivity index (χ3n) is 2.19. The van der Waals surface area contributed by atoms with Gasteiger partial charge in [-0.25, -0.2) is 0 Å². The SMILES string of the molecule is Cc1cnc(CNC(=O)c2cccnc2)cn1. The molecule has 0 unspecified atom stereocenters. The Hall–Kier alpha value is -2.30. The highest BCUT2D eigenvalue weighted by Crippen LogP contribution is 1.97. The molecular formula is C12H12N4O. The fourth-order valence-electron chi connectivity index (χ4n) is 1.28. The van der Waals surface area contributed by atoms with Gasteiger partial charge < -0.3 is 5.32 Å². The summed E-state index contributed by atoms with van der Waals surface area (Å²) in [5.74, 6) is -0.166. The van der Waals surface area contributed by atoms with Crippen molar-refractivity contribution in [2.75, 3.05) is 0 Å². The molecule has 1 amide bonds. The van der Waals surface area contributed by atoms with Gasteiger partial charge in [0.2, 0.25) is 0 Å². The number of hydrogen-bond acceptors (Lipinski definition) is 4. The lowest BCUT2D eigenvalue weighted by molar-refractivity contribution is 0.0950. The third-order valence-corrected chi connectivity index (χ3v) is 2.19. The average Bonchev–Trinajstić information content (AvgIpc) is 2.39. The summed E-state index contributed by atoms with van der Waals surface area (Å²) in [4.78, 5) is 23.8. The van der Waals surface area contributed by atoms with Gasteiger partial charge in [-0.2, -0.15) is 0 Å². The molecule has 0 aromatic carbocycles. The number of rotatable bonds is 3. The van der Waals surface area contributed by atoms with Gasteiger partial charge in [0.15, 0.2) is 0 Å². The van der Waals surface area contributed by atoms with Gasteiger partial charge in [0.1, 0.15) is 0 Å². The van der Waals surface area contributed by atoms with Crippen LogP contribution in [0, 0.1) is 6.92 Å². The second kappa shape index (κ2) is 5.16. The van der Waals surface area contributed by atoms with Crippen LogP contribution >= 0.6 is 0 Å². The highest BCUT2D eigenvalue weighted by atomic mass is 16.1. The Kier molecular flexibility index (Phi) is 3.40. The van der Waals surface area contributed by atoms with Crippen molar-refractivity contribution in [2.24, 2.45) is 0 Å². The van der Waals surface area contributed by atoms with Crippen LogP contribution in [-0.4, -0.2) is 20.9 Å². The molecule has 17 heavy (non-hydrogen) atoms. The molecule has 0 aliphatic heterocycles. The lowest BCUT2D eigenvalue weighted by atomic mass is 10.2. The number of carbonyl (C=O) groups excluding carboxylic acids is 1. The molecule has 0 radical (unpaired) electrons. The van der Waals surface area contributed by atoms with E-state index in [1.807, 2.05) is 6.92 Å². The second-order valence-electron chi connectivity index (χ2n) is 3.57. The Morgan fingerprint density at radius 2 is 2.18 bits per heavy atom. The van der Waals surface area contributed by atoms with E-state index in [0.717, 1.165) is 11.4 Å². The van der Waals surface area contributed by atoms with Crippen LogP contribution in [-0.2, 0) is 6.54 Å². The Labute approximate surface area is 99.0 Å². The average molecular weight is 228 g/mol. The fourth-order valence-corrected chi connectivity index (χ4v) is 1.28. The van der Waals surface area contributed by atoms with Crippen LogP contribution in [0.1, 0.15) is 21.7 Å². The molecular weight excluding hydrogens is 216 g/mol. The minimum Gasteiger partial charge on any atom is -0.346 e. The van der Waals surface area contributed by atoms with E-state index < -0.39 is 0 Å². The van der Waals surface area contributed by atoms with E-state index >= 15 is 0 Å². The first-order chi connectivity index (χ1) is 8.25. The van der Waals surface area contributed by atoms with Gasteiger partial charge in [0.25, 0.3) is 5.91 Å². The quantitative estimate of drug-likeness (QED) is 0.854. The van der Waals surface area contributed by atoms with Crippen molar-refractivity contribution in [3.63, 3.8) is 0 Å². The van der Waals surface area contributed by atoms with Gasteiger partial charge in [0, 0.05) is 18.6 Å². The highest BCUT2D eigenvalue weighted by molar-refractivity contribution is 5.93. The van der Waals surface area contributed by atoms with Crippen molar-refractivity contribution in [3.05, 3.63) is 53.9 Å². The number of nitrogens with zero attached hydrogens (tertiary/aromatic N) is 3. The fraction of sp³-hybridized carbons (Fsp3) is 0.167. The van der Waals surface area contributed by atoms with E-state index in [9.17, 15) is 4.79 Å². The molecule has 0 aliphatic rings. The van der Waals surface area contributed by atoms with Crippen molar-refractivity contribution < 1.29 is 4.79 Å². The molecule has 2 rings (SSSR count). The topological polar surface area (TPSA) is 67.8 Å². The Morgan fingerprint density at radius 1 is 1.29 bits per heavy atom. The summed E-state index contributed by atoms with van der Waals surface area (Å²) < 4.78 is 0. The predicted octanol–water partition coefficient (Wildman–Crippen LogP) is 1.11. The van der Waals surface area contributed by atoms with E-state index in [4.69, 9.17) is 0 Å². The number of aromatic nitrogens is 3. The Balaban J connectivity index is 1.95. The van der Waals surface area contributed by atoms with E-state index in [1.54, 1.807) is 30.7 Å². The minimum absolute atomic E-state index is 0.166. The van der Waals surface area contributed by atoms with Crippen molar-refractivity contribution in [1.82, 2.24) is 20.3 Å². The third kappa shape index (κ3) is 3.07. The smallest absolute Gasteiger partial charge is 0.253 e. The molecule has 0 fully saturated rings. The zero-order chi connectivity index (χ0) is 12.1. The van der Waals surface area contributed by atoms with Crippen molar-refractivity contribution in [3.8, 4) is 0 Å². The van der Waals surface area contributed by atoms with Crippen molar-refractivity contribution in [1.29, 1.82) is 0 Å². The number of aryl methyl sites for hydroxylation is 1. The Morgan fingerprint density at radius 3 is 2.82 bits per heavy atom. The molecule has 0 spiro atoms. The predicted molar refractivity (Wildman–Crippen MR) is 62.2 cm³/mol. The Bertz CT molecular complexity index is 496. The number of nitrogens with one attached hydrogen (secondary N) is 1. The first kappa shape index (κ1) is 11.2. The molecule has 86 valence electrons. The molecule has 0 bridgehead atoms. The zero-order valence-corrected chi connectivity index (χ0v) is 9.42. The van der Waals surface area contributed by atoms with E-state index in [0.29, 0.717) is 12.1 Å². The number of hydrogen-bond donors (Lipinski definition) is 1. The maximum atomic E-state index is 11.7. The van der Waals surface area contributed by atoms with Gasteiger partial charge >= 0.3 is 0 Å². The van der Waals surface area contributed by atoms with Crippen LogP contribution < -0.4 is 5.32 Å². The van der Waals surface area contributed by atoms with Crippen LogP contribution in [0.3, 0.4) is 0 Å². The van der Waals surface area contributed by atoms with Crippen LogP contribution in [0.25, 0.3) is 0 Å². The van der Waals surface area contributed by atoms with Gasteiger partial charge in [-0.3, -0.25) is 19.7 Å². The van der Waals surface area contributed by atoms with Gasteiger partial charge in [-0.05, 0) is 19.1 Å². The summed E-state index contributed by atoms with van der Waals surface area (Å²) in [6.07, 6.45) is 6.48. The van der Waals surface area contributed by atoms with Crippen LogP contribution in [0.2, 0.25) is 0 Å². The highest BCUT2D eigenvalue weighted by Gasteiger charge is 2.04. The summed E-state index contributed by atoms with van der Waals surface area (Å²) >= 11 is 0. The maximum Gasteiger partial charge on any atom is 0.253 e. The molecule has 0 aliphatic carbocycles. The minimum atomic E-state index is -0.166. The monoisotopic (exact) mass is 228 g/mol. The molecule has 2 aromatic rings. The lowest BCUT2D eigenvalue weighted by Gasteiger charge is -2.04. The van der Waals surface area contributed by atoms with Gasteiger partial charge in [-0.15, -0.1) is 0 Å². The summed E-state index contributed by atoms with van der Waals surface area (Å²) in [6.45, 7) is 2.23. The normalized spacial score (nSPS) is 9.94. The molecule has 0 saturated heterocycles. The number of pyridine rings is 1. The molecule has 1 N–H and O–H groups in total. The van der Waals surface area contributed by atoms with Crippen LogP contribution in [0.4, 0.5) is 0 Å². The standard InChI is InChI=1S/C12H12N4O/c1-9-5-15-11(7-14-9)8-16-12(17)10-3-2-4-13-6-10/h2-7H,8H2,1H3,(H,16,17). The van der Waals surface area contributed by atoms with Gasteiger partial charge in [0.05, 0.1) is 29.7 Å². The summed E-state index contributed by atoms with van der Waals surface area (Å²) in [5, 5.41) is 2.75. The second-order valence-corrected chi connectivity index (χ2v) is 3.57. The van der Waals surface area contributed by atoms with Crippen molar-refractivity contribution >= 4 is 5.91 Å². The summed E-state index contributed by atoms with van der Waals surface area (Å²) in [7, 11) is 0. The first-order valence-electron chi connectivity index (χ1n) is 5.21. The molecule has 2 aromatic heterocycles. The summed E-state index contributed by atoms with van der Waals surface area (Å²) in [5.41, 5.74) is 2.12. The zero-order valence-electron chi connectivity index (χ0n) is 9.42. The molecule has 2 heterocycles. The van der Waals surface area contributed by atoms with Crippen LogP contribution in [0.5, 0.6) is 0 Å². The van der Waals surface area contributed by atoms with E-state index in [1.165, 1.54) is 6.20 Å². The number of carbonyl (C=O) groups is 1. The number of amides is 1. The van der Waals surface area contributed by atoms with E-state index in [-0.39, 0.29) is 5.91 Å². The summed E-state index contributed by atoms with van der Waals surface area (Å²) in [6, 6.07) is 3.43. The molecule has 0 saturated carbocycles. The maximum absolute atomic E-state index is 11.7. The molecule has 0 atom stereocenters. The lowest BCUT2D eigenvalue weighted by Crippen LogP contribution is -2.23. The van der Waals surface area contributed by atoms with Crippen molar-refractivity contribution in [2.45, 2.75) is 13.5 Å². The van der Waals surface area contributed by atoms with Crippen LogP contribution in [0.15, 0.2) is 36.9 Å². The first-order valence-corrected chi connectivity index (χ1v) is 5.21. The van der Waals surface area contributed by atoms with Gasteiger partial charge in [-0.1, -0.05) is 0 Å². The largest absolute Gasteiger partial charge is 0.346 e. The molecule has 5 nitrogen and oxygen atoms in total. The molecule has 5 heteroatoms. The van der Waals surface area contributed by atoms with E-state index in [2.05, 4.69) is 20.3 Å².